The van der Waals surface area contributed by atoms with Crippen LogP contribution in [0.5, 0.6) is 0 Å². The first-order valence-electron chi connectivity index (χ1n) is 8.25. The van der Waals surface area contributed by atoms with E-state index < -0.39 is 0 Å². The van der Waals surface area contributed by atoms with Gasteiger partial charge in [0.25, 0.3) is 0 Å². The molecule has 0 spiro atoms. The topological polar surface area (TPSA) is 33.7 Å². The number of fused-ring (bicyclic) bond motifs is 1. The summed E-state index contributed by atoms with van der Waals surface area (Å²) in [4.78, 5) is 2.40. The van der Waals surface area contributed by atoms with Crippen molar-refractivity contribution in [2.45, 2.75) is 31.8 Å². The minimum atomic E-state index is 0.637. The maximum atomic E-state index is 5.22. The Hall–Kier alpha value is -0.940. The number of rotatable bonds is 9. The molecule has 0 bridgehead atoms. The van der Waals surface area contributed by atoms with E-state index in [1.165, 1.54) is 29.5 Å². The first-order valence-corrected chi connectivity index (χ1v) is 8.25. The van der Waals surface area contributed by atoms with Gasteiger partial charge in [-0.1, -0.05) is 18.2 Å². The monoisotopic (exact) mass is 306 g/mol. The van der Waals surface area contributed by atoms with Gasteiger partial charge in [0.2, 0.25) is 0 Å². The molecular weight excluding hydrogens is 276 g/mol. The number of ether oxygens (including phenoxy) is 2. The van der Waals surface area contributed by atoms with Crippen LogP contribution in [-0.4, -0.2) is 58.5 Å². The van der Waals surface area contributed by atoms with Crippen molar-refractivity contribution < 1.29 is 9.47 Å². The molecule has 1 unspecified atom stereocenters. The fourth-order valence-corrected chi connectivity index (χ4v) is 3.12. The second-order valence-electron chi connectivity index (χ2n) is 6.09. The van der Waals surface area contributed by atoms with E-state index in [1.54, 1.807) is 14.2 Å². The van der Waals surface area contributed by atoms with Crippen molar-refractivity contribution in [1.82, 2.24) is 10.2 Å². The molecule has 0 saturated carbocycles. The zero-order valence-corrected chi connectivity index (χ0v) is 14.2. The van der Waals surface area contributed by atoms with E-state index in [0.717, 1.165) is 39.3 Å². The molecule has 2 rings (SSSR count). The fourth-order valence-electron chi connectivity index (χ4n) is 3.12. The number of benzene rings is 1. The third kappa shape index (κ3) is 5.06. The van der Waals surface area contributed by atoms with Gasteiger partial charge in [0.1, 0.15) is 0 Å². The third-order valence-electron chi connectivity index (χ3n) is 4.54. The molecule has 0 aromatic heterocycles. The lowest BCUT2D eigenvalue weighted by Gasteiger charge is -2.26. The van der Waals surface area contributed by atoms with E-state index in [4.69, 9.17) is 9.47 Å². The van der Waals surface area contributed by atoms with Crippen molar-refractivity contribution in [3.05, 3.63) is 34.9 Å². The minimum Gasteiger partial charge on any atom is -0.383 e. The lowest BCUT2D eigenvalue weighted by atomic mass is 9.87. The summed E-state index contributed by atoms with van der Waals surface area (Å²) in [6.45, 7) is 4.38. The fraction of sp³-hybridized carbons (Fsp3) is 0.667. The van der Waals surface area contributed by atoms with Gasteiger partial charge in [-0.2, -0.15) is 0 Å². The standard InChI is InChI=1S/C18H30N2O2/c1-19-18-7-6-16-12-15(4-5-17(16)13-18)14-20(8-10-21-2)9-11-22-3/h4-5,12,18-19H,6-11,13-14H2,1-3H3. The molecule has 1 N–H and O–H groups in total. The van der Waals surface area contributed by atoms with E-state index in [2.05, 4.69) is 35.5 Å². The van der Waals surface area contributed by atoms with Gasteiger partial charge in [-0.25, -0.2) is 0 Å². The predicted molar refractivity (Wildman–Crippen MR) is 90.3 cm³/mol. The second kappa shape index (κ2) is 9.26. The number of aryl methyl sites for hydroxylation is 1. The van der Waals surface area contributed by atoms with Crippen LogP contribution in [-0.2, 0) is 28.9 Å². The average Bonchev–Trinajstić information content (AvgIpc) is 2.56. The molecule has 0 aliphatic heterocycles. The Morgan fingerprint density at radius 1 is 1.14 bits per heavy atom. The van der Waals surface area contributed by atoms with Crippen molar-refractivity contribution in [3.63, 3.8) is 0 Å². The van der Waals surface area contributed by atoms with Crippen LogP contribution in [0, 0.1) is 0 Å². The molecule has 0 radical (unpaired) electrons. The summed E-state index contributed by atoms with van der Waals surface area (Å²) in [7, 11) is 5.57. The van der Waals surface area contributed by atoms with Crippen LogP contribution in [0.2, 0.25) is 0 Å². The number of methoxy groups -OCH3 is 2. The molecule has 1 aromatic carbocycles. The number of likely N-dealkylation sites (N-methyl/N-ethyl adjacent to an activating group) is 1. The quantitative estimate of drug-likeness (QED) is 0.755. The van der Waals surface area contributed by atoms with Crippen LogP contribution in [0.3, 0.4) is 0 Å². The number of nitrogens with one attached hydrogen (secondary N) is 1. The maximum Gasteiger partial charge on any atom is 0.0589 e. The summed E-state index contributed by atoms with van der Waals surface area (Å²) >= 11 is 0. The van der Waals surface area contributed by atoms with E-state index in [-0.39, 0.29) is 0 Å². The molecule has 0 amide bonds. The van der Waals surface area contributed by atoms with Gasteiger partial charge in [0, 0.05) is 39.9 Å². The Balaban J connectivity index is 1.99. The largest absolute Gasteiger partial charge is 0.383 e. The molecule has 4 heteroatoms. The summed E-state index contributed by atoms with van der Waals surface area (Å²) in [5.41, 5.74) is 4.44. The van der Waals surface area contributed by atoms with Crippen LogP contribution in [0.1, 0.15) is 23.1 Å². The zero-order valence-electron chi connectivity index (χ0n) is 14.2. The van der Waals surface area contributed by atoms with E-state index in [9.17, 15) is 0 Å². The third-order valence-corrected chi connectivity index (χ3v) is 4.54. The molecular formula is C18H30N2O2. The highest BCUT2D eigenvalue weighted by molar-refractivity contribution is 5.34. The molecule has 0 fully saturated rings. The van der Waals surface area contributed by atoms with Crippen LogP contribution in [0.15, 0.2) is 18.2 Å². The van der Waals surface area contributed by atoms with E-state index in [1.807, 2.05) is 0 Å². The van der Waals surface area contributed by atoms with Crippen LogP contribution in [0.25, 0.3) is 0 Å². The van der Waals surface area contributed by atoms with E-state index >= 15 is 0 Å². The van der Waals surface area contributed by atoms with Gasteiger partial charge < -0.3 is 14.8 Å². The lowest BCUT2D eigenvalue weighted by Crippen LogP contribution is -2.32. The summed E-state index contributed by atoms with van der Waals surface area (Å²) in [5, 5.41) is 3.40. The molecule has 1 aliphatic rings. The predicted octanol–water partition coefficient (Wildman–Crippen LogP) is 1.86. The van der Waals surface area contributed by atoms with Gasteiger partial charge in [-0.15, -0.1) is 0 Å². The molecule has 1 aliphatic carbocycles. The number of hydrogen-bond donors (Lipinski definition) is 1. The van der Waals surface area contributed by atoms with Crippen molar-refractivity contribution in [2.75, 3.05) is 47.6 Å². The maximum absolute atomic E-state index is 5.22. The SMILES string of the molecule is CNC1CCc2cc(CN(CCOC)CCOC)ccc2C1. The zero-order chi connectivity index (χ0) is 15.8. The normalized spacial score (nSPS) is 17.7. The molecule has 0 saturated heterocycles. The molecule has 0 heterocycles. The van der Waals surface area contributed by atoms with Gasteiger partial charge in [0.15, 0.2) is 0 Å². The van der Waals surface area contributed by atoms with E-state index in [0.29, 0.717) is 6.04 Å². The first-order chi connectivity index (χ1) is 10.8. The van der Waals surface area contributed by atoms with Crippen LogP contribution < -0.4 is 5.32 Å². The minimum absolute atomic E-state index is 0.637. The Morgan fingerprint density at radius 2 is 1.86 bits per heavy atom. The smallest absolute Gasteiger partial charge is 0.0589 e. The highest BCUT2D eigenvalue weighted by atomic mass is 16.5. The molecule has 4 nitrogen and oxygen atoms in total. The van der Waals surface area contributed by atoms with Crippen molar-refractivity contribution in [2.24, 2.45) is 0 Å². The summed E-state index contributed by atoms with van der Waals surface area (Å²) < 4.78 is 10.4. The Kier molecular flexibility index (Phi) is 7.33. The van der Waals surface area contributed by atoms with Gasteiger partial charge in [0.05, 0.1) is 13.2 Å². The average molecular weight is 306 g/mol. The van der Waals surface area contributed by atoms with Gasteiger partial charge >= 0.3 is 0 Å². The Bertz CT molecular complexity index is 443. The van der Waals surface area contributed by atoms with Crippen molar-refractivity contribution in [1.29, 1.82) is 0 Å². The van der Waals surface area contributed by atoms with Crippen molar-refractivity contribution in [3.8, 4) is 0 Å². The van der Waals surface area contributed by atoms with Crippen LogP contribution >= 0.6 is 0 Å². The second-order valence-corrected chi connectivity index (χ2v) is 6.09. The number of nitrogens with zero attached hydrogens (tertiary/aromatic N) is 1. The molecule has 22 heavy (non-hydrogen) atoms. The van der Waals surface area contributed by atoms with Gasteiger partial charge in [-0.3, -0.25) is 4.90 Å². The molecule has 124 valence electrons. The lowest BCUT2D eigenvalue weighted by molar-refractivity contribution is 0.110. The molecule has 1 aromatic rings. The highest BCUT2D eigenvalue weighted by Crippen LogP contribution is 2.23. The first kappa shape index (κ1) is 17.4. The van der Waals surface area contributed by atoms with Crippen LogP contribution in [0.4, 0.5) is 0 Å². The van der Waals surface area contributed by atoms with Gasteiger partial charge in [-0.05, 0) is 43.0 Å². The Labute approximate surface area is 134 Å². The number of hydrogen-bond acceptors (Lipinski definition) is 4. The summed E-state index contributed by atoms with van der Waals surface area (Å²) in [6, 6.07) is 7.63. The highest BCUT2D eigenvalue weighted by Gasteiger charge is 2.17. The Morgan fingerprint density at radius 3 is 2.50 bits per heavy atom. The van der Waals surface area contributed by atoms with Crippen molar-refractivity contribution >= 4 is 0 Å². The summed E-state index contributed by atoms with van der Waals surface area (Å²) in [6.07, 6.45) is 3.58. The summed E-state index contributed by atoms with van der Waals surface area (Å²) in [5.74, 6) is 0. The molecule has 1 atom stereocenters.